The van der Waals surface area contributed by atoms with Gasteiger partial charge in [0.1, 0.15) is 11.8 Å². The van der Waals surface area contributed by atoms with E-state index in [0.717, 1.165) is 5.56 Å². The third kappa shape index (κ3) is 3.83. The number of carbonyl (C=O) groups is 1. The zero-order valence-electron chi connectivity index (χ0n) is 12.0. The van der Waals surface area contributed by atoms with Crippen LogP contribution in [-0.2, 0) is 4.79 Å². The molecule has 1 unspecified atom stereocenters. The molecule has 0 aliphatic heterocycles. The van der Waals surface area contributed by atoms with Crippen molar-refractivity contribution in [2.75, 3.05) is 5.32 Å². The minimum absolute atomic E-state index is 0.293. The van der Waals surface area contributed by atoms with Crippen LogP contribution in [0.15, 0.2) is 48.5 Å². The molecule has 2 aromatic rings. The third-order valence-corrected chi connectivity index (χ3v) is 3.01. The maximum Gasteiger partial charge on any atom is 0.265 e. The Morgan fingerprint density at radius 3 is 2.52 bits per heavy atom. The molecule has 0 aliphatic carbocycles. The number of aryl methyl sites for hydroxylation is 1. The minimum atomic E-state index is -0.653. The molecule has 2 rings (SSSR count). The highest BCUT2D eigenvalue weighted by molar-refractivity contribution is 5.95. The topological polar surface area (TPSA) is 62.1 Å². The lowest BCUT2D eigenvalue weighted by molar-refractivity contribution is -0.122. The molecule has 1 N–H and O–H groups in total. The number of hydrogen-bond acceptors (Lipinski definition) is 3. The Morgan fingerprint density at radius 1 is 1.19 bits per heavy atom. The first-order chi connectivity index (χ1) is 10.1. The lowest BCUT2D eigenvalue weighted by atomic mass is 10.2. The summed E-state index contributed by atoms with van der Waals surface area (Å²) in [4.78, 5) is 12.1. The molecule has 0 aliphatic rings. The van der Waals surface area contributed by atoms with Crippen LogP contribution in [0.2, 0.25) is 0 Å². The van der Waals surface area contributed by atoms with E-state index >= 15 is 0 Å². The van der Waals surface area contributed by atoms with Gasteiger partial charge in [-0.15, -0.1) is 0 Å². The van der Waals surface area contributed by atoms with Gasteiger partial charge in [0.15, 0.2) is 6.10 Å². The Labute approximate surface area is 124 Å². The number of benzene rings is 2. The van der Waals surface area contributed by atoms with E-state index in [-0.39, 0.29) is 5.91 Å². The molecule has 4 nitrogen and oxygen atoms in total. The molecule has 0 saturated heterocycles. The Morgan fingerprint density at radius 2 is 1.86 bits per heavy atom. The first kappa shape index (κ1) is 14.6. The van der Waals surface area contributed by atoms with E-state index < -0.39 is 6.10 Å². The van der Waals surface area contributed by atoms with Crippen LogP contribution in [0.25, 0.3) is 0 Å². The lowest BCUT2D eigenvalue weighted by Gasteiger charge is -2.15. The minimum Gasteiger partial charge on any atom is -0.481 e. The monoisotopic (exact) mass is 280 g/mol. The molecule has 1 atom stereocenters. The number of nitriles is 1. The largest absolute Gasteiger partial charge is 0.481 e. The van der Waals surface area contributed by atoms with E-state index in [9.17, 15) is 4.79 Å². The lowest BCUT2D eigenvalue weighted by Crippen LogP contribution is -2.30. The average molecular weight is 280 g/mol. The van der Waals surface area contributed by atoms with Crippen molar-refractivity contribution < 1.29 is 9.53 Å². The molecule has 0 saturated carbocycles. The SMILES string of the molecule is Cc1ccc(OC(C)C(=O)Nc2ccccc2C#N)cc1. The summed E-state index contributed by atoms with van der Waals surface area (Å²) in [6, 6.07) is 16.4. The van der Waals surface area contributed by atoms with Gasteiger partial charge in [-0.05, 0) is 38.1 Å². The highest BCUT2D eigenvalue weighted by Crippen LogP contribution is 2.16. The summed E-state index contributed by atoms with van der Waals surface area (Å²) < 4.78 is 5.58. The molecule has 4 heteroatoms. The Kier molecular flexibility index (Phi) is 4.57. The summed E-state index contributed by atoms with van der Waals surface area (Å²) in [6.07, 6.45) is -0.653. The van der Waals surface area contributed by atoms with Crippen LogP contribution in [0.3, 0.4) is 0 Å². The van der Waals surface area contributed by atoms with E-state index in [4.69, 9.17) is 10.00 Å². The van der Waals surface area contributed by atoms with Gasteiger partial charge in [0.25, 0.3) is 5.91 Å². The first-order valence-corrected chi connectivity index (χ1v) is 6.63. The van der Waals surface area contributed by atoms with E-state index in [1.54, 1.807) is 31.2 Å². The van der Waals surface area contributed by atoms with Crippen molar-refractivity contribution in [1.29, 1.82) is 5.26 Å². The zero-order valence-corrected chi connectivity index (χ0v) is 12.0. The van der Waals surface area contributed by atoms with E-state index in [1.807, 2.05) is 37.3 Å². The van der Waals surface area contributed by atoms with Gasteiger partial charge in [0.05, 0.1) is 11.3 Å². The van der Waals surface area contributed by atoms with Crippen LogP contribution >= 0.6 is 0 Å². The fourth-order valence-corrected chi connectivity index (χ4v) is 1.80. The molecule has 0 heterocycles. The van der Waals surface area contributed by atoms with Gasteiger partial charge in [-0.25, -0.2) is 0 Å². The van der Waals surface area contributed by atoms with Crippen LogP contribution in [-0.4, -0.2) is 12.0 Å². The summed E-state index contributed by atoms with van der Waals surface area (Å²) >= 11 is 0. The second kappa shape index (κ2) is 6.58. The second-order valence-corrected chi connectivity index (χ2v) is 4.72. The molecular formula is C17H16N2O2. The number of rotatable bonds is 4. The van der Waals surface area contributed by atoms with Crippen molar-refractivity contribution in [3.63, 3.8) is 0 Å². The van der Waals surface area contributed by atoms with E-state index in [2.05, 4.69) is 5.32 Å². The predicted molar refractivity (Wildman–Crippen MR) is 81.1 cm³/mol. The molecule has 0 spiro atoms. The van der Waals surface area contributed by atoms with Crippen LogP contribution in [0.5, 0.6) is 5.75 Å². The molecule has 0 bridgehead atoms. The van der Waals surface area contributed by atoms with Crippen molar-refractivity contribution in [2.45, 2.75) is 20.0 Å². The predicted octanol–water partition coefficient (Wildman–Crippen LogP) is 3.27. The van der Waals surface area contributed by atoms with Crippen molar-refractivity contribution >= 4 is 11.6 Å². The molecule has 106 valence electrons. The standard InChI is InChI=1S/C17H16N2O2/c1-12-7-9-15(10-8-12)21-13(2)17(20)19-16-6-4-3-5-14(16)11-18/h3-10,13H,1-2H3,(H,19,20). The van der Waals surface area contributed by atoms with Gasteiger partial charge in [-0.3, -0.25) is 4.79 Å². The summed E-state index contributed by atoms with van der Waals surface area (Å²) in [5.74, 6) is 0.343. The summed E-state index contributed by atoms with van der Waals surface area (Å²) in [5, 5.41) is 11.7. The van der Waals surface area contributed by atoms with Crippen molar-refractivity contribution in [2.24, 2.45) is 0 Å². The van der Waals surface area contributed by atoms with Crippen LogP contribution in [0.4, 0.5) is 5.69 Å². The summed E-state index contributed by atoms with van der Waals surface area (Å²) in [6.45, 7) is 3.66. The fraction of sp³-hybridized carbons (Fsp3) is 0.176. The van der Waals surface area contributed by atoms with Crippen LogP contribution < -0.4 is 10.1 Å². The zero-order chi connectivity index (χ0) is 15.2. The van der Waals surface area contributed by atoms with Crippen LogP contribution in [0, 0.1) is 18.3 Å². The van der Waals surface area contributed by atoms with E-state index in [0.29, 0.717) is 17.0 Å². The third-order valence-electron chi connectivity index (χ3n) is 3.01. The number of ether oxygens (including phenoxy) is 1. The average Bonchev–Trinajstić information content (AvgIpc) is 2.50. The molecule has 1 amide bonds. The van der Waals surface area contributed by atoms with Gasteiger partial charge >= 0.3 is 0 Å². The van der Waals surface area contributed by atoms with Crippen molar-refractivity contribution in [3.8, 4) is 11.8 Å². The quantitative estimate of drug-likeness (QED) is 0.935. The number of nitrogens with zero attached hydrogens (tertiary/aromatic N) is 1. The smallest absolute Gasteiger partial charge is 0.265 e. The number of amides is 1. The van der Waals surface area contributed by atoms with Gasteiger partial charge in [0, 0.05) is 0 Å². The molecule has 0 fully saturated rings. The first-order valence-electron chi connectivity index (χ1n) is 6.63. The Bertz CT molecular complexity index is 672. The van der Waals surface area contributed by atoms with E-state index in [1.165, 1.54) is 0 Å². The molecular weight excluding hydrogens is 264 g/mol. The highest BCUT2D eigenvalue weighted by atomic mass is 16.5. The van der Waals surface area contributed by atoms with Crippen LogP contribution in [0.1, 0.15) is 18.1 Å². The normalized spacial score (nSPS) is 11.3. The molecule has 2 aromatic carbocycles. The number of nitrogens with one attached hydrogen (secondary N) is 1. The molecule has 0 aromatic heterocycles. The fourth-order valence-electron chi connectivity index (χ4n) is 1.80. The Hall–Kier alpha value is -2.80. The van der Waals surface area contributed by atoms with Crippen molar-refractivity contribution in [1.82, 2.24) is 0 Å². The second-order valence-electron chi connectivity index (χ2n) is 4.72. The van der Waals surface area contributed by atoms with Gasteiger partial charge < -0.3 is 10.1 Å². The van der Waals surface area contributed by atoms with Crippen molar-refractivity contribution in [3.05, 3.63) is 59.7 Å². The number of hydrogen-bond donors (Lipinski definition) is 1. The number of carbonyl (C=O) groups excluding carboxylic acids is 1. The highest BCUT2D eigenvalue weighted by Gasteiger charge is 2.16. The molecule has 0 radical (unpaired) electrons. The maximum absolute atomic E-state index is 12.1. The van der Waals surface area contributed by atoms with Gasteiger partial charge in [-0.1, -0.05) is 29.8 Å². The maximum atomic E-state index is 12.1. The van der Waals surface area contributed by atoms with Gasteiger partial charge in [0.2, 0.25) is 0 Å². The molecule has 21 heavy (non-hydrogen) atoms. The number of para-hydroxylation sites is 1. The van der Waals surface area contributed by atoms with Gasteiger partial charge in [-0.2, -0.15) is 5.26 Å². The Balaban J connectivity index is 2.03. The summed E-state index contributed by atoms with van der Waals surface area (Å²) in [7, 11) is 0. The summed E-state index contributed by atoms with van der Waals surface area (Å²) in [5.41, 5.74) is 2.04. The number of anilines is 1.